The zero-order chi connectivity index (χ0) is 17.3. The van der Waals surface area contributed by atoms with E-state index >= 15 is 0 Å². The number of carbonyl (C=O) groups is 1. The number of ether oxygens (including phenoxy) is 1. The van der Waals surface area contributed by atoms with Crippen molar-refractivity contribution in [3.05, 3.63) is 30.0 Å². The Balaban J connectivity index is 1.67. The van der Waals surface area contributed by atoms with Gasteiger partial charge in [-0.05, 0) is 38.1 Å². The molecule has 1 aliphatic heterocycles. The van der Waals surface area contributed by atoms with E-state index in [1.165, 1.54) is 0 Å². The van der Waals surface area contributed by atoms with Gasteiger partial charge in [-0.3, -0.25) is 9.69 Å². The minimum absolute atomic E-state index is 0.0214. The number of hydrogen-bond acceptors (Lipinski definition) is 4. The van der Waals surface area contributed by atoms with Gasteiger partial charge in [0, 0.05) is 43.6 Å². The summed E-state index contributed by atoms with van der Waals surface area (Å²) in [5.74, 6) is 0.800. The molecule has 0 bridgehead atoms. The van der Waals surface area contributed by atoms with Gasteiger partial charge < -0.3 is 19.7 Å². The molecule has 0 unspecified atom stereocenters. The van der Waals surface area contributed by atoms with Gasteiger partial charge in [-0.15, -0.1) is 0 Å². The summed E-state index contributed by atoms with van der Waals surface area (Å²) in [5, 5.41) is 10.9. The number of methoxy groups -OCH3 is 1. The monoisotopic (exact) mass is 331 g/mol. The lowest BCUT2D eigenvalue weighted by Gasteiger charge is -2.37. The van der Waals surface area contributed by atoms with Crippen LogP contribution in [0, 0.1) is 0 Å². The summed E-state index contributed by atoms with van der Waals surface area (Å²) < 4.78 is 5.22. The Morgan fingerprint density at radius 3 is 2.58 bits per heavy atom. The van der Waals surface area contributed by atoms with E-state index < -0.39 is 5.60 Å². The largest absolute Gasteiger partial charge is 0.497 e. The molecule has 0 aliphatic carbocycles. The molecule has 3 rings (SSSR count). The third-order valence-corrected chi connectivity index (χ3v) is 4.33. The van der Waals surface area contributed by atoms with Crippen molar-refractivity contribution in [2.45, 2.75) is 19.4 Å². The summed E-state index contributed by atoms with van der Waals surface area (Å²) in [6.07, 6.45) is 0. The van der Waals surface area contributed by atoms with Gasteiger partial charge in [-0.2, -0.15) is 0 Å². The average molecular weight is 331 g/mol. The molecule has 0 radical (unpaired) electrons. The molecule has 0 saturated carbocycles. The number of β-amino-alcohol motifs (C(OH)–C–C–N with tert-alkyl or cyclic N) is 1. The molecular formula is C18H25N3O3. The van der Waals surface area contributed by atoms with E-state index in [1.807, 2.05) is 43.0 Å². The van der Waals surface area contributed by atoms with Crippen molar-refractivity contribution < 1.29 is 14.6 Å². The summed E-state index contributed by atoms with van der Waals surface area (Å²) in [7, 11) is 1.63. The zero-order valence-electron chi connectivity index (χ0n) is 14.5. The van der Waals surface area contributed by atoms with Crippen LogP contribution < -0.4 is 4.74 Å². The van der Waals surface area contributed by atoms with E-state index in [1.54, 1.807) is 7.11 Å². The summed E-state index contributed by atoms with van der Waals surface area (Å²) in [5.41, 5.74) is 0.830. The first-order valence-electron chi connectivity index (χ1n) is 8.26. The van der Waals surface area contributed by atoms with Crippen LogP contribution in [-0.2, 0) is 0 Å². The smallest absolute Gasteiger partial charge is 0.270 e. The fourth-order valence-corrected chi connectivity index (χ4v) is 3.18. The molecule has 1 amide bonds. The second-order valence-electron chi connectivity index (χ2n) is 7.02. The maximum atomic E-state index is 12.7. The first kappa shape index (κ1) is 16.8. The molecule has 6 nitrogen and oxygen atoms in total. The molecule has 2 heterocycles. The van der Waals surface area contributed by atoms with Gasteiger partial charge in [0.25, 0.3) is 5.91 Å². The zero-order valence-corrected chi connectivity index (χ0v) is 14.5. The predicted octanol–water partition coefficient (Wildman–Crippen LogP) is 1.71. The number of hydrogen-bond donors (Lipinski definition) is 2. The van der Waals surface area contributed by atoms with Crippen molar-refractivity contribution in [1.82, 2.24) is 14.8 Å². The van der Waals surface area contributed by atoms with Crippen molar-refractivity contribution in [3.63, 3.8) is 0 Å². The van der Waals surface area contributed by atoms with E-state index in [0.717, 1.165) is 29.7 Å². The Morgan fingerprint density at radius 2 is 1.96 bits per heavy atom. The normalized spacial score (nSPS) is 16.6. The topological polar surface area (TPSA) is 68.8 Å². The first-order chi connectivity index (χ1) is 11.4. The molecule has 2 aromatic rings. The highest BCUT2D eigenvalue weighted by molar-refractivity contribution is 5.98. The molecule has 130 valence electrons. The van der Waals surface area contributed by atoms with Crippen LogP contribution in [0.3, 0.4) is 0 Å². The quantitative estimate of drug-likeness (QED) is 0.895. The number of rotatable bonds is 4. The third kappa shape index (κ3) is 3.71. The number of H-pyrrole nitrogens is 1. The van der Waals surface area contributed by atoms with Crippen LogP contribution in [0.4, 0.5) is 0 Å². The average Bonchev–Trinajstić information content (AvgIpc) is 2.96. The van der Waals surface area contributed by atoms with Gasteiger partial charge in [0.05, 0.1) is 12.7 Å². The summed E-state index contributed by atoms with van der Waals surface area (Å²) in [6, 6.07) is 7.60. The van der Waals surface area contributed by atoms with Crippen LogP contribution in [0.5, 0.6) is 5.75 Å². The highest BCUT2D eigenvalue weighted by atomic mass is 16.5. The summed E-state index contributed by atoms with van der Waals surface area (Å²) in [4.78, 5) is 20.0. The van der Waals surface area contributed by atoms with Crippen molar-refractivity contribution in [3.8, 4) is 5.75 Å². The van der Waals surface area contributed by atoms with E-state index in [9.17, 15) is 9.90 Å². The summed E-state index contributed by atoms with van der Waals surface area (Å²) >= 11 is 0. The molecule has 2 N–H and O–H groups in total. The van der Waals surface area contributed by atoms with E-state index in [4.69, 9.17) is 4.74 Å². The van der Waals surface area contributed by atoms with Crippen LogP contribution in [0.25, 0.3) is 10.9 Å². The molecule has 1 fully saturated rings. The van der Waals surface area contributed by atoms with E-state index in [-0.39, 0.29) is 5.91 Å². The molecule has 1 aromatic carbocycles. The van der Waals surface area contributed by atoms with Crippen molar-refractivity contribution in [2.24, 2.45) is 0 Å². The second kappa shape index (κ2) is 6.45. The summed E-state index contributed by atoms with van der Waals surface area (Å²) in [6.45, 7) is 7.16. The standard InChI is InChI=1S/C18H25N3O3/c1-18(2,23)12-20-6-8-21(9-7-20)17(22)16-11-13-10-14(24-3)4-5-15(13)19-16/h4-5,10-11,19,23H,6-9,12H2,1-3H3. The number of nitrogens with one attached hydrogen (secondary N) is 1. The van der Waals surface area contributed by atoms with Gasteiger partial charge in [0.2, 0.25) is 0 Å². The Bertz CT molecular complexity index is 725. The number of nitrogens with zero attached hydrogens (tertiary/aromatic N) is 2. The molecule has 1 aliphatic rings. The van der Waals surface area contributed by atoms with Crippen LogP contribution in [-0.4, -0.2) is 71.2 Å². The lowest BCUT2D eigenvalue weighted by molar-refractivity contribution is 0.0177. The number of benzene rings is 1. The lowest BCUT2D eigenvalue weighted by Crippen LogP contribution is -2.52. The minimum atomic E-state index is -0.706. The maximum Gasteiger partial charge on any atom is 0.270 e. The van der Waals surface area contributed by atoms with Crippen LogP contribution in [0.1, 0.15) is 24.3 Å². The van der Waals surface area contributed by atoms with Gasteiger partial charge >= 0.3 is 0 Å². The molecule has 24 heavy (non-hydrogen) atoms. The molecule has 0 spiro atoms. The molecule has 1 saturated heterocycles. The third-order valence-electron chi connectivity index (χ3n) is 4.33. The Morgan fingerprint density at radius 1 is 1.25 bits per heavy atom. The highest BCUT2D eigenvalue weighted by Crippen LogP contribution is 2.22. The van der Waals surface area contributed by atoms with Crippen LogP contribution in [0.15, 0.2) is 24.3 Å². The lowest BCUT2D eigenvalue weighted by atomic mass is 10.1. The van der Waals surface area contributed by atoms with Crippen molar-refractivity contribution in [1.29, 1.82) is 0 Å². The SMILES string of the molecule is COc1ccc2[nH]c(C(=O)N3CCN(CC(C)(C)O)CC3)cc2c1. The number of aromatic nitrogens is 1. The van der Waals surface area contributed by atoms with Gasteiger partial charge in [-0.25, -0.2) is 0 Å². The Labute approximate surface area is 142 Å². The molecule has 6 heteroatoms. The number of fused-ring (bicyclic) bond motifs is 1. The molecule has 0 atom stereocenters. The number of aromatic amines is 1. The Kier molecular flexibility index (Phi) is 4.51. The van der Waals surface area contributed by atoms with E-state index in [0.29, 0.717) is 25.3 Å². The number of aliphatic hydroxyl groups is 1. The van der Waals surface area contributed by atoms with Crippen molar-refractivity contribution >= 4 is 16.8 Å². The number of piperazine rings is 1. The molecular weight excluding hydrogens is 306 g/mol. The maximum absolute atomic E-state index is 12.7. The van der Waals surface area contributed by atoms with E-state index in [2.05, 4.69) is 9.88 Å². The minimum Gasteiger partial charge on any atom is -0.497 e. The number of carbonyl (C=O) groups excluding carboxylic acids is 1. The first-order valence-corrected chi connectivity index (χ1v) is 8.26. The molecule has 1 aromatic heterocycles. The van der Waals surface area contributed by atoms with Crippen LogP contribution in [0.2, 0.25) is 0 Å². The Hall–Kier alpha value is -2.05. The van der Waals surface area contributed by atoms with Crippen molar-refractivity contribution in [2.75, 3.05) is 39.8 Å². The van der Waals surface area contributed by atoms with Gasteiger partial charge in [0.1, 0.15) is 11.4 Å². The highest BCUT2D eigenvalue weighted by Gasteiger charge is 2.26. The van der Waals surface area contributed by atoms with Crippen LogP contribution >= 0.6 is 0 Å². The predicted molar refractivity (Wildman–Crippen MR) is 93.5 cm³/mol. The second-order valence-corrected chi connectivity index (χ2v) is 7.02. The fraction of sp³-hybridized carbons (Fsp3) is 0.500. The number of amides is 1. The van der Waals surface area contributed by atoms with Gasteiger partial charge in [0.15, 0.2) is 0 Å². The fourth-order valence-electron chi connectivity index (χ4n) is 3.18. The van der Waals surface area contributed by atoms with Gasteiger partial charge in [-0.1, -0.05) is 0 Å².